The molecule has 1 heterocycles. The summed E-state index contributed by atoms with van der Waals surface area (Å²) in [5.41, 5.74) is 6.40. The van der Waals surface area contributed by atoms with Crippen LogP contribution in [0, 0.1) is 36.5 Å². The summed E-state index contributed by atoms with van der Waals surface area (Å²) in [7, 11) is 1.95. The van der Waals surface area contributed by atoms with Crippen molar-refractivity contribution in [2.24, 2.45) is 0 Å². The Balaban J connectivity index is 1.86. The lowest BCUT2D eigenvalue weighted by Crippen LogP contribution is -2.15. The second-order valence-electron chi connectivity index (χ2n) is 6.66. The maximum absolute atomic E-state index is 8.91. The molecule has 0 saturated carbocycles. The van der Waals surface area contributed by atoms with Crippen molar-refractivity contribution in [3.63, 3.8) is 0 Å². The van der Waals surface area contributed by atoms with Crippen molar-refractivity contribution >= 4 is 42.5 Å². The van der Waals surface area contributed by atoms with Crippen LogP contribution in [0.3, 0.4) is 0 Å². The van der Waals surface area contributed by atoms with Crippen LogP contribution < -0.4 is 16.1 Å². The van der Waals surface area contributed by atoms with E-state index in [4.69, 9.17) is 10.5 Å². The van der Waals surface area contributed by atoms with Crippen LogP contribution in [0.1, 0.15) is 22.3 Å². The molecule has 29 heavy (non-hydrogen) atoms. The van der Waals surface area contributed by atoms with Gasteiger partial charge in [0.05, 0.1) is 17.7 Å². The summed E-state index contributed by atoms with van der Waals surface area (Å²) in [5.74, 6) is 1.18. The summed E-state index contributed by atoms with van der Waals surface area (Å²) in [6.07, 6.45) is 5.02. The highest BCUT2D eigenvalue weighted by atomic mass is 15.1. The third kappa shape index (κ3) is 4.80. The number of hydrogen-bond donors (Lipinski definition) is 2. The maximum atomic E-state index is 8.91. The Bertz CT molecular complexity index is 1130. The number of benzene rings is 2. The van der Waals surface area contributed by atoms with E-state index in [0.717, 1.165) is 33.5 Å². The van der Waals surface area contributed by atoms with Gasteiger partial charge in [0, 0.05) is 23.6 Å². The first-order chi connectivity index (χ1) is 14.0. The first kappa shape index (κ1) is 19.7. The zero-order valence-corrected chi connectivity index (χ0v) is 16.5. The molecule has 0 amide bonds. The van der Waals surface area contributed by atoms with Crippen LogP contribution in [-0.4, -0.2) is 17.8 Å². The van der Waals surface area contributed by atoms with Crippen LogP contribution in [0.15, 0.2) is 48.7 Å². The summed E-state index contributed by atoms with van der Waals surface area (Å²) >= 11 is 0. The molecule has 140 valence electrons. The van der Waals surface area contributed by atoms with Crippen LogP contribution in [0.4, 0.5) is 23.1 Å². The van der Waals surface area contributed by atoms with Crippen molar-refractivity contribution in [3.05, 3.63) is 70.9 Å². The molecule has 0 radical (unpaired) electrons. The number of anilines is 4. The first-order valence-electron chi connectivity index (χ1n) is 9.05. The van der Waals surface area contributed by atoms with Crippen molar-refractivity contribution in [2.75, 3.05) is 10.6 Å². The van der Waals surface area contributed by atoms with E-state index < -0.39 is 0 Å². The Hall–Kier alpha value is -4.10. The molecule has 0 saturated heterocycles. The summed E-state index contributed by atoms with van der Waals surface area (Å²) < 4.78 is 0. The van der Waals surface area contributed by atoms with Gasteiger partial charge >= 0.3 is 0 Å². The number of aryl methyl sites for hydroxylation is 2. The summed E-state index contributed by atoms with van der Waals surface area (Å²) in [4.78, 5) is 8.95. The van der Waals surface area contributed by atoms with E-state index in [-0.39, 0.29) is 0 Å². The minimum Gasteiger partial charge on any atom is -0.340 e. The zero-order valence-electron chi connectivity index (χ0n) is 16.5. The van der Waals surface area contributed by atoms with Gasteiger partial charge in [-0.05, 0) is 78.5 Å². The van der Waals surface area contributed by atoms with Crippen LogP contribution in [0.2, 0.25) is 0 Å². The normalized spacial score (nSPS) is 10.3. The number of rotatable bonds is 5. The summed E-state index contributed by atoms with van der Waals surface area (Å²) in [6, 6.07) is 15.3. The van der Waals surface area contributed by atoms with Gasteiger partial charge in [-0.25, -0.2) is 4.98 Å². The number of allylic oxidation sites excluding steroid dienone is 1. The Morgan fingerprint density at radius 3 is 2.34 bits per heavy atom. The second kappa shape index (κ2) is 8.73. The predicted octanol–water partition coefficient (Wildman–Crippen LogP) is 3.25. The quantitative estimate of drug-likeness (QED) is 0.523. The molecule has 0 bridgehead atoms. The van der Waals surface area contributed by atoms with E-state index in [1.54, 1.807) is 24.4 Å². The summed E-state index contributed by atoms with van der Waals surface area (Å²) in [6.45, 7) is 4.04. The lowest BCUT2D eigenvalue weighted by atomic mass is 9.98. The molecule has 0 unspecified atom stereocenters. The van der Waals surface area contributed by atoms with Crippen molar-refractivity contribution < 1.29 is 0 Å². The second-order valence-corrected chi connectivity index (χ2v) is 6.66. The SMILES string of the molecule is Bc1cnc(Nc2ccc(C#N)cc2)nc1Nc1c(C)cc(/C=C/C#N)cc1C. The molecule has 0 aliphatic heterocycles. The molecule has 0 fully saturated rings. The van der Waals surface area contributed by atoms with Gasteiger partial charge in [-0.1, -0.05) is 0 Å². The van der Waals surface area contributed by atoms with E-state index in [9.17, 15) is 0 Å². The van der Waals surface area contributed by atoms with Gasteiger partial charge in [-0.3, -0.25) is 0 Å². The van der Waals surface area contributed by atoms with Crippen molar-refractivity contribution in [1.29, 1.82) is 10.5 Å². The molecule has 3 rings (SSSR count). The van der Waals surface area contributed by atoms with Crippen LogP contribution in [0.25, 0.3) is 6.08 Å². The predicted molar refractivity (Wildman–Crippen MR) is 118 cm³/mol. The van der Waals surface area contributed by atoms with Gasteiger partial charge in [0.2, 0.25) is 5.95 Å². The van der Waals surface area contributed by atoms with Gasteiger partial charge in [0.1, 0.15) is 13.7 Å². The molecule has 1 aromatic heterocycles. The van der Waals surface area contributed by atoms with Gasteiger partial charge < -0.3 is 10.6 Å². The largest absolute Gasteiger partial charge is 0.340 e. The smallest absolute Gasteiger partial charge is 0.229 e. The molecular formula is C22H19BN6. The molecule has 0 atom stereocenters. The Kier molecular flexibility index (Phi) is 5.92. The van der Waals surface area contributed by atoms with Gasteiger partial charge in [-0.15, -0.1) is 0 Å². The third-order valence-electron chi connectivity index (χ3n) is 4.39. The highest BCUT2D eigenvalue weighted by Gasteiger charge is 2.09. The Labute approximate surface area is 171 Å². The molecular weight excluding hydrogens is 359 g/mol. The lowest BCUT2D eigenvalue weighted by Gasteiger charge is -2.16. The Morgan fingerprint density at radius 1 is 1.03 bits per heavy atom. The molecule has 0 aliphatic rings. The highest BCUT2D eigenvalue weighted by molar-refractivity contribution is 6.35. The monoisotopic (exact) mass is 378 g/mol. The molecule has 6 nitrogen and oxygen atoms in total. The topological polar surface area (TPSA) is 97.4 Å². The summed E-state index contributed by atoms with van der Waals surface area (Å²) in [5, 5.41) is 24.2. The molecule has 7 heteroatoms. The molecule has 2 N–H and O–H groups in total. The molecule has 3 aromatic rings. The van der Waals surface area contributed by atoms with Gasteiger partial charge in [-0.2, -0.15) is 15.5 Å². The minimum absolute atomic E-state index is 0.465. The average molecular weight is 378 g/mol. The Morgan fingerprint density at radius 2 is 1.72 bits per heavy atom. The van der Waals surface area contributed by atoms with Crippen molar-refractivity contribution in [3.8, 4) is 12.1 Å². The number of nitrogens with one attached hydrogen (secondary N) is 2. The fourth-order valence-corrected chi connectivity index (χ4v) is 2.93. The molecule has 0 aliphatic carbocycles. The van der Waals surface area contributed by atoms with E-state index in [1.165, 1.54) is 6.08 Å². The number of nitrogens with zero attached hydrogens (tertiary/aromatic N) is 4. The van der Waals surface area contributed by atoms with Crippen molar-refractivity contribution in [2.45, 2.75) is 13.8 Å². The van der Waals surface area contributed by atoms with E-state index in [1.807, 2.05) is 52.0 Å². The molecule has 2 aromatic carbocycles. The van der Waals surface area contributed by atoms with E-state index in [0.29, 0.717) is 17.3 Å². The maximum Gasteiger partial charge on any atom is 0.229 e. The number of hydrogen-bond acceptors (Lipinski definition) is 6. The fraction of sp³-hybridized carbons (Fsp3) is 0.0909. The molecule has 0 spiro atoms. The van der Waals surface area contributed by atoms with Crippen LogP contribution in [0.5, 0.6) is 0 Å². The van der Waals surface area contributed by atoms with E-state index >= 15 is 0 Å². The lowest BCUT2D eigenvalue weighted by molar-refractivity contribution is 1.17. The first-order valence-corrected chi connectivity index (χ1v) is 9.05. The van der Waals surface area contributed by atoms with Crippen LogP contribution >= 0.6 is 0 Å². The third-order valence-corrected chi connectivity index (χ3v) is 4.39. The average Bonchev–Trinajstić information content (AvgIpc) is 2.72. The minimum atomic E-state index is 0.465. The van der Waals surface area contributed by atoms with Gasteiger partial charge in [0.15, 0.2) is 0 Å². The number of aromatic nitrogens is 2. The van der Waals surface area contributed by atoms with Gasteiger partial charge in [0.25, 0.3) is 0 Å². The van der Waals surface area contributed by atoms with Crippen LogP contribution in [-0.2, 0) is 0 Å². The number of nitriles is 2. The van der Waals surface area contributed by atoms with E-state index in [2.05, 4.69) is 26.7 Å². The zero-order chi connectivity index (χ0) is 20.8. The highest BCUT2D eigenvalue weighted by Crippen LogP contribution is 2.26. The van der Waals surface area contributed by atoms with Crippen molar-refractivity contribution in [1.82, 2.24) is 9.97 Å². The standard InChI is InChI=1S/C22H19BN6/c1-14-10-17(4-3-9-24)11-15(2)20(14)28-21-19(23)13-26-22(29-21)27-18-7-5-16(12-25)6-8-18/h3-8,10-11,13H,23H2,1-2H3,(H2,26,27,28,29)/b4-3+. The fourth-order valence-electron chi connectivity index (χ4n) is 2.93.